The molecule has 2 rings (SSSR count). The van der Waals surface area contributed by atoms with Crippen molar-refractivity contribution in [3.05, 3.63) is 24.0 Å². The van der Waals surface area contributed by atoms with E-state index in [1.54, 1.807) is 0 Å². The van der Waals surface area contributed by atoms with Gasteiger partial charge in [0.1, 0.15) is 5.82 Å². The highest BCUT2D eigenvalue weighted by molar-refractivity contribution is 7.89. The van der Waals surface area contributed by atoms with Crippen molar-refractivity contribution in [2.24, 2.45) is 0 Å². The number of anilines is 1. The van der Waals surface area contributed by atoms with Gasteiger partial charge in [-0.15, -0.1) is 0 Å². The van der Waals surface area contributed by atoms with E-state index in [4.69, 9.17) is 5.73 Å². The minimum absolute atomic E-state index is 0.0689. The number of hydrogen-bond donors (Lipinski definition) is 3. The van der Waals surface area contributed by atoms with Gasteiger partial charge in [0.25, 0.3) is 0 Å². The number of nitrogen functional groups attached to an aromatic ring is 1. The summed E-state index contributed by atoms with van der Waals surface area (Å²) in [6.45, 7) is 0. The molecule has 1 saturated carbocycles. The molecule has 0 heterocycles. The zero-order valence-electron chi connectivity index (χ0n) is 10.3. The maximum atomic E-state index is 13.2. The lowest BCUT2D eigenvalue weighted by Gasteiger charge is -2.26. The number of halogens is 1. The number of nitrogens with one attached hydrogen (secondary N) is 1. The molecular weight excluding hydrogens is 271 g/mol. The molecule has 0 amide bonds. The summed E-state index contributed by atoms with van der Waals surface area (Å²) >= 11 is 0. The normalized spacial score (nSPS) is 24.3. The maximum absolute atomic E-state index is 13.2. The van der Waals surface area contributed by atoms with Crippen molar-refractivity contribution in [2.45, 2.75) is 42.7 Å². The molecule has 0 atom stereocenters. The third-order valence-electron chi connectivity index (χ3n) is 3.22. The second-order valence-corrected chi connectivity index (χ2v) is 6.56. The zero-order chi connectivity index (χ0) is 14.0. The van der Waals surface area contributed by atoms with E-state index in [0.29, 0.717) is 25.7 Å². The van der Waals surface area contributed by atoms with Crippen LogP contribution in [-0.2, 0) is 10.0 Å². The molecule has 0 unspecified atom stereocenters. The second-order valence-electron chi connectivity index (χ2n) is 4.85. The van der Waals surface area contributed by atoms with Gasteiger partial charge in [-0.3, -0.25) is 0 Å². The highest BCUT2D eigenvalue weighted by atomic mass is 32.2. The Morgan fingerprint density at radius 1 is 1.21 bits per heavy atom. The molecule has 1 aliphatic carbocycles. The topological polar surface area (TPSA) is 92.4 Å². The number of nitrogens with two attached hydrogens (primary N) is 1. The molecule has 4 N–H and O–H groups in total. The Hall–Kier alpha value is -1.18. The molecule has 0 bridgehead atoms. The fourth-order valence-electron chi connectivity index (χ4n) is 2.22. The van der Waals surface area contributed by atoms with Gasteiger partial charge in [0.15, 0.2) is 0 Å². The van der Waals surface area contributed by atoms with Crippen LogP contribution in [0, 0.1) is 5.82 Å². The smallest absolute Gasteiger partial charge is 0.240 e. The van der Waals surface area contributed by atoms with Gasteiger partial charge in [-0.05, 0) is 43.9 Å². The fourth-order valence-corrected chi connectivity index (χ4v) is 3.59. The summed E-state index contributed by atoms with van der Waals surface area (Å²) in [5, 5.41) is 9.37. The van der Waals surface area contributed by atoms with E-state index < -0.39 is 15.8 Å². The van der Waals surface area contributed by atoms with Crippen molar-refractivity contribution in [3.63, 3.8) is 0 Å². The second kappa shape index (κ2) is 5.44. The van der Waals surface area contributed by atoms with Crippen LogP contribution in [0.4, 0.5) is 10.1 Å². The molecule has 1 aromatic carbocycles. The van der Waals surface area contributed by atoms with Crippen LogP contribution < -0.4 is 10.5 Å². The summed E-state index contributed by atoms with van der Waals surface area (Å²) in [6, 6.07) is 3.01. The standard InChI is InChI=1S/C12H17FN2O3S/c13-8-5-9(14)7-12(6-8)19(17,18)15-10-1-3-11(16)4-2-10/h5-7,10-11,15-16H,1-4,14H2. The summed E-state index contributed by atoms with van der Waals surface area (Å²) in [4.78, 5) is -0.170. The van der Waals surface area contributed by atoms with E-state index in [0.717, 1.165) is 12.1 Å². The molecule has 1 fully saturated rings. The number of rotatable bonds is 3. The van der Waals surface area contributed by atoms with Crippen LogP contribution in [0.2, 0.25) is 0 Å². The predicted octanol–water partition coefficient (Wildman–Crippen LogP) is 0.990. The minimum atomic E-state index is -3.77. The summed E-state index contributed by atoms with van der Waals surface area (Å²) in [5.41, 5.74) is 5.51. The van der Waals surface area contributed by atoms with E-state index in [-0.39, 0.29) is 22.7 Å². The lowest BCUT2D eigenvalue weighted by molar-refractivity contribution is 0.120. The summed E-state index contributed by atoms with van der Waals surface area (Å²) in [5.74, 6) is -0.681. The summed E-state index contributed by atoms with van der Waals surface area (Å²) in [6.07, 6.45) is 1.93. The van der Waals surface area contributed by atoms with Crippen molar-refractivity contribution in [1.29, 1.82) is 0 Å². The van der Waals surface area contributed by atoms with Crippen molar-refractivity contribution in [1.82, 2.24) is 4.72 Å². The van der Waals surface area contributed by atoms with Crippen LogP contribution in [0.3, 0.4) is 0 Å². The van der Waals surface area contributed by atoms with Crippen LogP contribution in [0.25, 0.3) is 0 Å². The van der Waals surface area contributed by atoms with Crippen LogP contribution in [-0.4, -0.2) is 25.7 Å². The van der Waals surface area contributed by atoms with E-state index in [1.807, 2.05) is 0 Å². The molecule has 19 heavy (non-hydrogen) atoms. The molecule has 0 aliphatic heterocycles. The van der Waals surface area contributed by atoms with Gasteiger partial charge >= 0.3 is 0 Å². The van der Waals surface area contributed by atoms with Crippen molar-refractivity contribution < 1.29 is 17.9 Å². The Kier molecular flexibility index (Phi) is 4.07. The lowest BCUT2D eigenvalue weighted by Crippen LogP contribution is -2.38. The van der Waals surface area contributed by atoms with Gasteiger partial charge in [0, 0.05) is 11.7 Å². The highest BCUT2D eigenvalue weighted by Crippen LogP contribution is 2.21. The van der Waals surface area contributed by atoms with E-state index in [9.17, 15) is 17.9 Å². The van der Waals surface area contributed by atoms with Gasteiger partial charge in [-0.25, -0.2) is 17.5 Å². The SMILES string of the molecule is Nc1cc(F)cc(S(=O)(=O)NC2CCC(O)CC2)c1. The molecule has 7 heteroatoms. The Balaban J connectivity index is 2.14. The summed E-state index contributed by atoms with van der Waals surface area (Å²) in [7, 11) is -3.77. The Morgan fingerprint density at radius 3 is 2.42 bits per heavy atom. The Labute approximate surface area is 111 Å². The predicted molar refractivity (Wildman–Crippen MR) is 69.4 cm³/mol. The lowest BCUT2D eigenvalue weighted by atomic mass is 9.94. The average molecular weight is 288 g/mol. The molecule has 0 saturated heterocycles. The summed E-state index contributed by atoms with van der Waals surface area (Å²) < 4.78 is 39.9. The third kappa shape index (κ3) is 3.65. The molecular formula is C12H17FN2O3S. The van der Waals surface area contributed by atoms with Gasteiger partial charge in [0.2, 0.25) is 10.0 Å². The van der Waals surface area contributed by atoms with Gasteiger partial charge in [0.05, 0.1) is 11.0 Å². The first-order chi connectivity index (χ1) is 8.87. The number of aliphatic hydroxyl groups excluding tert-OH is 1. The number of aliphatic hydroxyl groups is 1. The monoisotopic (exact) mass is 288 g/mol. The number of hydrogen-bond acceptors (Lipinski definition) is 4. The molecule has 1 aromatic rings. The van der Waals surface area contributed by atoms with Crippen LogP contribution in [0.15, 0.2) is 23.1 Å². The van der Waals surface area contributed by atoms with Crippen molar-refractivity contribution in [3.8, 4) is 0 Å². The molecule has 0 radical (unpaired) electrons. The molecule has 5 nitrogen and oxygen atoms in total. The zero-order valence-corrected chi connectivity index (χ0v) is 11.2. The fraction of sp³-hybridized carbons (Fsp3) is 0.500. The number of benzene rings is 1. The van der Waals surface area contributed by atoms with Crippen LogP contribution in [0.5, 0.6) is 0 Å². The Morgan fingerprint density at radius 2 is 1.84 bits per heavy atom. The Bertz CT molecular complexity index is 534. The van der Waals surface area contributed by atoms with Crippen LogP contribution in [0.1, 0.15) is 25.7 Å². The van der Waals surface area contributed by atoms with Crippen molar-refractivity contribution >= 4 is 15.7 Å². The first-order valence-electron chi connectivity index (χ1n) is 6.13. The largest absolute Gasteiger partial charge is 0.399 e. The van der Waals surface area contributed by atoms with Gasteiger partial charge < -0.3 is 10.8 Å². The van der Waals surface area contributed by atoms with E-state index in [1.165, 1.54) is 6.07 Å². The average Bonchev–Trinajstić information content (AvgIpc) is 2.31. The van der Waals surface area contributed by atoms with Crippen LogP contribution >= 0.6 is 0 Å². The van der Waals surface area contributed by atoms with Gasteiger partial charge in [-0.2, -0.15) is 0 Å². The first kappa shape index (κ1) is 14.2. The molecule has 0 spiro atoms. The van der Waals surface area contributed by atoms with Crippen molar-refractivity contribution in [2.75, 3.05) is 5.73 Å². The minimum Gasteiger partial charge on any atom is -0.399 e. The molecule has 1 aliphatic rings. The first-order valence-corrected chi connectivity index (χ1v) is 7.61. The third-order valence-corrected chi connectivity index (χ3v) is 4.72. The quantitative estimate of drug-likeness (QED) is 0.723. The van der Waals surface area contributed by atoms with Gasteiger partial charge in [-0.1, -0.05) is 0 Å². The van der Waals surface area contributed by atoms with E-state index >= 15 is 0 Å². The molecule has 0 aromatic heterocycles. The maximum Gasteiger partial charge on any atom is 0.240 e. The number of sulfonamides is 1. The van der Waals surface area contributed by atoms with E-state index in [2.05, 4.69) is 4.72 Å². The highest BCUT2D eigenvalue weighted by Gasteiger charge is 2.25. The molecule has 106 valence electrons.